The second kappa shape index (κ2) is 10.5. The number of nitriles is 1. The number of ether oxygens (including phenoxy) is 1. The molecule has 1 aromatic carbocycles. The predicted octanol–water partition coefficient (Wildman–Crippen LogP) is 1.93. The van der Waals surface area contributed by atoms with Crippen molar-refractivity contribution in [3.63, 3.8) is 0 Å². The number of amides is 2. The van der Waals surface area contributed by atoms with E-state index in [1.165, 1.54) is 18.3 Å². The first-order valence-electron chi connectivity index (χ1n) is 7.38. The van der Waals surface area contributed by atoms with E-state index in [0.717, 1.165) is 6.07 Å². The van der Waals surface area contributed by atoms with Gasteiger partial charge in [-0.15, -0.1) is 0 Å². The summed E-state index contributed by atoms with van der Waals surface area (Å²) in [5.41, 5.74) is -0.495. The van der Waals surface area contributed by atoms with Gasteiger partial charge in [0.1, 0.15) is 16.7 Å². The van der Waals surface area contributed by atoms with Crippen molar-refractivity contribution in [1.29, 1.82) is 5.26 Å². The van der Waals surface area contributed by atoms with Gasteiger partial charge in [-0.3, -0.25) is 14.9 Å². The van der Waals surface area contributed by atoms with Crippen molar-refractivity contribution in [2.24, 2.45) is 0 Å². The number of hydrogen-bond donors (Lipinski definition) is 3. The molecule has 0 fully saturated rings. The highest BCUT2D eigenvalue weighted by molar-refractivity contribution is 6.32. The van der Waals surface area contributed by atoms with Crippen molar-refractivity contribution in [3.05, 3.63) is 45.1 Å². The van der Waals surface area contributed by atoms with Crippen molar-refractivity contribution in [3.8, 4) is 6.07 Å². The SMILES string of the molecule is CCOC(=O)NCCN/C=C(/C#N)C(=O)Nc1ccc(Cl)c([N+](=O)[O-])c1. The number of halogens is 1. The Hall–Kier alpha value is -3.32. The van der Waals surface area contributed by atoms with Gasteiger partial charge in [-0.05, 0) is 19.1 Å². The molecule has 1 aromatic rings. The molecule has 0 aliphatic rings. The van der Waals surface area contributed by atoms with Gasteiger partial charge < -0.3 is 20.7 Å². The molecular weight excluding hydrogens is 366 g/mol. The molecule has 0 atom stereocenters. The van der Waals surface area contributed by atoms with Crippen LogP contribution in [-0.4, -0.2) is 36.6 Å². The third-order valence-corrected chi connectivity index (χ3v) is 3.15. The monoisotopic (exact) mass is 381 g/mol. The minimum Gasteiger partial charge on any atom is -0.450 e. The number of hydrogen-bond acceptors (Lipinski definition) is 7. The lowest BCUT2D eigenvalue weighted by Crippen LogP contribution is -2.31. The van der Waals surface area contributed by atoms with E-state index in [1.54, 1.807) is 13.0 Å². The highest BCUT2D eigenvalue weighted by Crippen LogP contribution is 2.27. The van der Waals surface area contributed by atoms with E-state index in [-0.39, 0.29) is 41.7 Å². The lowest BCUT2D eigenvalue weighted by molar-refractivity contribution is -0.384. The molecular formula is C15H16ClN5O5. The first kappa shape index (κ1) is 20.7. The van der Waals surface area contributed by atoms with Crippen molar-refractivity contribution in [1.82, 2.24) is 10.6 Å². The van der Waals surface area contributed by atoms with E-state index >= 15 is 0 Å². The van der Waals surface area contributed by atoms with Crippen LogP contribution in [0.2, 0.25) is 5.02 Å². The summed E-state index contributed by atoms with van der Waals surface area (Å²) in [6.45, 7) is 2.40. The summed E-state index contributed by atoms with van der Waals surface area (Å²) in [6, 6.07) is 5.44. The standard InChI is InChI=1S/C15H16ClN5O5/c1-2-26-15(23)19-6-5-18-9-10(8-17)14(22)20-11-3-4-12(16)13(7-11)21(24)25/h3-4,7,9,18H,2,5-6H2,1H3,(H,19,23)(H,20,22)/b10-9-. The van der Waals surface area contributed by atoms with E-state index in [1.807, 2.05) is 0 Å². The van der Waals surface area contributed by atoms with Crippen LogP contribution in [0.15, 0.2) is 30.0 Å². The molecule has 0 saturated heterocycles. The summed E-state index contributed by atoms with van der Waals surface area (Å²) in [5.74, 6) is -0.755. The van der Waals surface area contributed by atoms with Crippen molar-refractivity contribution in [2.45, 2.75) is 6.92 Å². The smallest absolute Gasteiger partial charge is 0.407 e. The fourth-order valence-corrected chi connectivity index (χ4v) is 1.86. The van der Waals surface area contributed by atoms with Crippen LogP contribution in [0.3, 0.4) is 0 Å². The number of nitro groups is 1. The van der Waals surface area contributed by atoms with Gasteiger partial charge in [-0.1, -0.05) is 11.6 Å². The predicted molar refractivity (Wildman–Crippen MR) is 93.5 cm³/mol. The number of carbonyl (C=O) groups excluding carboxylic acids is 2. The Labute approximate surface area is 153 Å². The quantitative estimate of drug-likeness (QED) is 0.205. The molecule has 0 aliphatic carbocycles. The number of benzene rings is 1. The topological polar surface area (TPSA) is 146 Å². The number of anilines is 1. The molecule has 0 unspecified atom stereocenters. The van der Waals surface area contributed by atoms with E-state index in [2.05, 4.69) is 20.7 Å². The average molecular weight is 382 g/mol. The third-order valence-electron chi connectivity index (χ3n) is 2.83. The third kappa shape index (κ3) is 6.66. The van der Waals surface area contributed by atoms with E-state index in [9.17, 15) is 19.7 Å². The second-order valence-corrected chi connectivity index (χ2v) is 5.06. The number of rotatable bonds is 8. The van der Waals surface area contributed by atoms with Gasteiger partial charge in [0.25, 0.3) is 11.6 Å². The summed E-state index contributed by atoms with van der Waals surface area (Å²) >= 11 is 5.69. The van der Waals surface area contributed by atoms with Crippen molar-refractivity contribution in [2.75, 3.05) is 25.0 Å². The van der Waals surface area contributed by atoms with Gasteiger partial charge in [0, 0.05) is 31.0 Å². The highest BCUT2D eigenvalue weighted by Gasteiger charge is 2.15. The van der Waals surface area contributed by atoms with E-state index < -0.39 is 16.9 Å². The van der Waals surface area contributed by atoms with Crippen LogP contribution in [0.25, 0.3) is 0 Å². The molecule has 2 amide bonds. The molecule has 3 N–H and O–H groups in total. The van der Waals surface area contributed by atoms with Crippen LogP contribution in [0.1, 0.15) is 6.92 Å². The number of carbonyl (C=O) groups is 2. The zero-order valence-electron chi connectivity index (χ0n) is 13.7. The van der Waals surface area contributed by atoms with Crippen molar-refractivity contribution >= 4 is 35.0 Å². The molecule has 11 heteroatoms. The van der Waals surface area contributed by atoms with E-state index in [0.29, 0.717) is 0 Å². The maximum absolute atomic E-state index is 12.0. The summed E-state index contributed by atoms with van der Waals surface area (Å²) in [6.07, 6.45) is 0.604. The van der Waals surface area contributed by atoms with Gasteiger partial charge >= 0.3 is 6.09 Å². The van der Waals surface area contributed by atoms with Gasteiger partial charge in [-0.25, -0.2) is 4.79 Å². The summed E-state index contributed by atoms with van der Waals surface area (Å²) in [7, 11) is 0. The minimum absolute atomic E-state index is 0.0696. The summed E-state index contributed by atoms with van der Waals surface area (Å²) in [5, 5.41) is 27.3. The normalized spacial score (nSPS) is 10.4. The Balaban J connectivity index is 2.61. The fourth-order valence-electron chi connectivity index (χ4n) is 1.67. The number of nitrogens with one attached hydrogen (secondary N) is 3. The molecule has 0 spiro atoms. The van der Waals surface area contributed by atoms with Crippen LogP contribution in [0.4, 0.5) is 16.2 Å². The van der Waals surface area contributed by atoms with Crippen LogP contribution in [0.5, 0.6) is 0 Å². The Morgan fingerprint density at radius 2 is 2.15 bits per heavy atom. The zero-order valence-corrected chi connectivity index (χ0v) is 14.5. The second-order valence-electron chi connectivity index (χ2n) is 4.65. The van der Waals surface area contributed by atoms with Crippen LogP contribution in [-0.2, 0) is 9.53 Å². The average Bonchev–Trinajstić information content (AvgIpc) is 2.59. The molecule has 10 nitrogen and oxygen atoms in total. The van der Waals surface area contributed by atoms with Crippen LogP contribution in [0, 0.1) is 21.4 Å². The minimum atomic E-state index is -0.755. The molecule has 0 bridgehead atoms. The van der Waals surface area contributed by atoms with Gasteiger partial charge in [0.2, 0.25) is 0 Å². The molecule has 26 heavy (non-hydrogen) atoms. The lowest BCUT2D eigenvalue weighted by Gasteiger charge is -2.07. The van der Waals surface area contributed by atoms with E-state index in [4.69, 9.17) is 16.9 Å². The molecule has 1 rings (SSSR count). The summed E-state index contributed by atoms with van der Waals surface area (Å²) in [4.78, 5) is 33.2. The number of nitro benzene ring substituents is 1. The first-order chi connectivity index (χ1) is 12.4. The van der Waals surface area contributed by atoms with Gasteiger partial charge in [0.05, 0.1) is 11.5 Å². The van der Waals surface area contributed by atoms with Crippen molar-refractivity contribution < 1.29 is 19.2 Å². The zero-order chi connectivity index (χ0) is 19.5. The Bertz CT molecular complexity index is 759. The molecule has 0 aromatic heterocycles. The number of alkyl carbamates (subject to hydrolysis) is 1. The molecule has 0 saturated carbocycles. The fraction of sp³-hybridized carbons (Fsp3) is 0.267. The molecule has 138 valence electrons. The summed E-state index contributed by atoms with van der Waals surface area (Å²) < 4.78 is 4.66. The maximum Gasteiger partial charge on any atom is 0.407 e. The Kier molecular flexibility index (Phi) is 8.39. The molecule has 0 aliphatic heterocycles. The van der Waals surface area contributed by atoms with Gasteiger partial charge in [-0.2, -0.15) is 5.26 Å². The highest BCUT2D eigenvalue weighted by atomic mass is 35.5. The van der Waals surface area contributed by atoms with Crippen LogP contribution < -0.4 is 16.0 Å². The largest absolute Gasteiger partial charge is 0.450 e. The Morgan fingerprint density at radius 3 is 2.77 bits per heavy atom. The molecule has 0 radical (unpaired) electrons. The number of nitrogens with zero attached hydrogens (tertiary/aromatic N) is 2. The first-order valence-corrected chi connectivity index (χ1v) is 7.76. The van der Waals surface area contributed by atoms with Gasteiger partial charge in [0.15, 0.2) is 0 Å². The maximum atomic E-state index is 12.0. The Morgan fingerprint density at radius 1 is 1.42 bits per heavy atom. The van der Waals surface area contributed by atoms with Crippen LogP contribution >= 0.6 is 11.6 Å². The lowest BCUT2D eigenvalue weighted by atomic mass is 10.2. The molecule has 0 heterocycles.